The highest BCUT2D eigenvalue weighted by Crippen LogP contribution is 2.17. The Morgan fingerprint density at radius 3 is 2.22 bits per heavy atom. The molecular weight excluding hydrogens is 456 g/mol. The Balaban J connectivity index is 1.53. The average Bonchev–Trinajstić information content (AvgIpc) is 3.57. The molecule has 7 nitrogen and oxygen atoms in total. The van der Waals surface area contributed by atoms with Crippen molar-refractivity contribution in [3.63, 3.8) is 0 Å². The molecule has 2 aromatic heterocycles. The van der Waals surface area contributed by atoms with Gasteiger partial charge in [-0.1, -0.05) is 30.3 Å². The van der Waals surface area contributed by atoms with Crippen molar-refractivity contribution in [1.29, 1.82) is 0 Å². The van der Waals surface area contributed by atoms with Crippen LogP contribution in [0.2, 0.25) is 0 Å². The summed E-state index contributed by atoms with van der Waals surface area (Å²) in [6.45, 7) is 2.77. The van der Waals surface area contributed by atoms with Crippen molar-refractivity contribution >= 4 is 11.8 Å². The minimum atomic E-state index is -0.265. The number of nitrogens with zero attached hydrogens (tertiary/aromatic N) is 2. The second-order valence-electron chi connectivity index (χ2n) is 8.53. The summed E-state index contributed by atoms with van der Waals surface area (Å²) < 4.78 is 16.4. The van der Waals surface area contributed by atoms with Crippen LogP contribution in [-0.2, 0) is 24.3 Å². The molecule has 186 valence electrons. The second kappa shape index (κ2) is 11.9. The van der Waals surface area contributed by atoms with Gasteiger partial charge in [-0.05, 0) is 67.4 Å². The molecular formula is C29H30N2O5. The maximum Gasteiger partial charge on any atom is 0.254 e. The summed E-state index contributed by atoms with van der Waals surface area (Å²) >= 11 is 0. The van der Waals surface area contributed by atoms with Gasteiger partial charge in [0.15, 0.2) is 0 Å². The SMILES string of the molecule is COc1ccc(C(=O)N(CC(=O)N(CCc2ccccc2)Cc2ccc(C)o2)Cc2ccco2)cc1. The molecule has 4 rings (SSSR count). The highest BCUT2D eigenvalue weighted by Gasteiger charge is 2.24. The molecule has 0 aliphatic rings. The van der Waals surface area contributed by atoms with Crippen LogP contribution in [0, 0.1) is 6.92 Å². The second-order valence-corrected chi connectivity index (χ2v) is 8.53. The first-order chi connectivity index (χ1) is 17.5. The van der Waals surface area contributed by atoms with Crippen LogP contribution in [0.1, 0.15) is 33.2 Å². The van der Waals surface area contributed by atoms with E-state index in [1.54, 1.807) is 54.7 Å². The standard InChI is InChI=1S/C29H30N2O5/c1-22-10-13-27(36-22)20-30(17-16-23-7-4-3-5-8-23)28(32)21-31(19-26-9-6-18-35-26)29(33)24-11-14-25(34-2)15-12-24/h3-15,18H,16-17,19-21H2,1-2H3. The zero-order chi connectivity index (χ0) is 25.3. The van der Waals surface area contributed by atoms with Gasteiger partial charge in [0.25, 0.3) is 5.91 Å². The van der Waals surface area contributed by atoms with Gasteiger partial charge in [0.05, 0.1) is 26.5 Å². The lowest BCUT2D eigenvalue weighted by Crippen LogP contribution is -2.43. The maximum atomic E-state index is 13.6. The van der Waals surface area contributed by atoms with E-state index in [-0.39, 0.29) is 24.9 Å². The molecule has 0 saturated carbocycles. The maximum absolute atomic E-state index is 13.6. The lowest BCUT2D eigenvalue weighted by atomic mass is 10.1. The van der Waals surface area contributed by atoms with Crippen molar-refractivity contribution in [2.45, 2.75) is 26.4 Å². The van der Waals surface area contributed by atoms with Gasteiger partial charge in [-0.2, -0.15) is 0 Å². The third-order valence-electron chi connectivity index (χ3n) is 5.89. The van der Waals surface area contributed by atoms with Crippen LogP contribution in [0.5, 0.6) is 5.75 Å². The number of ether oxygens (including phenoxy) is 1. The summed E-state index contributed by atoms with van der Waals surface area (Å²) in [6, 6.07) is 24.2. The fourth-order valence-corrected chi connectivity index (χ4v) is 3.93. The Morgan fingerprint density at radius 2 is 1.58 bits per heavy atom. The zero-order valence-corrected chi connectivity index (χ0v) is 20.6. The largest absolute Gasteiger partial charge is 0.497 e. The predicted octanol–water partition coefficient (Wildman–Crippen LogP) is 5.10. The third kappa shape index (κ3) is 6.66. The van der Waals surface area contributed by atoms with E-state index in [1.165, 1.54) is 4.90 Å². The van der Waals surface area contributed by atoms with Gasteiger partial charge in [-0.25, -0.2) is 0 Å². The molecule has 4 aromatic rings. The van der Waals surface area contributed by atoms with Crippen LogP contribution in [-0.4, -0.2) is 41.8 Å². The van der Waals surface area contributed by atoms with Crippen LogP contribution in [0.15, 0.2) is 94.0 Å². The fraction of sp³-hybridized carbons (Fsp3) is 0.241. The number of methoxy groups -OCH3 is 1. The molecule has 2 aromatic carbocycles. The minimum Gasteiger partial charge on any atom is -0.497 e. The minimum absolute atomic E-state index is 0.0972. The quantitative estimate of drug-likeness (QED) is 0.295. The average molecular weight is 487 g/mol. The van der Waals surface area contributed by atoms with Crippen molar-refractivity contribution in [2.24, 2.45) is 0 Å². The van der Waals surface area contributed by atoms with Gasteiger partial charge in [0.1, 0.15) is 29.6 Å². The molecule has 0 aliphatic heterocycles. The molecule has 2 heterocycles. The summed E-state index contributed by atoms with van der Waals surface area (Å²) in [5.41, 5.74) is 1.60. The van der Waals surface area contributed by atoms with Gasteiger partial charge in [-0.15, -0.1) is 0 Å². The number of rotatable bonds is 11. The molecule has 0 spiro atoms. The van der Waals surface area contributed by atoms with Gasteiger partial charge < -0.3 is 23.4 Å². The summed E-state index contributed by atoms with van der Waals surface area (Å²) in [6.07, 6.45) is 2.25. The summed E-state index contributed by atoms with van der Waals surface area (Å²) in [4.78, 5) is 30.3. The van der Waals surface area contributed by atoms with Crippen LogP contribution >= 0.6 is 0 Å². The molecule has 0 atom stereocenters. The van der Waals surface area contributed by atoms with Crippen molar-refractivity contribution in [2.75, 3.05) is 20.2 Å². The van der Waals surface area contributed by atoms with Gasteiger partial charge in [-0.3, -0.25) is 9.59 Å². The number of aryl methyl sites for hydroxylation is 1. The smallest absolute Gasteiger partial charge is 0.254 e. The number of carbonyl (C=O) groups is 2. The Bertz CT molecular complexity index is 1250. The summed E-state index contributed by atoms with van der Waals surface area (Å²) in [7, 11) is 1.57. The van der Waals surface area contributed by atoms with Gasteiger partial charge in [0.2, 0.25) is 5.91 Å². The first-order valence-corrected chi connectivity index (χ1v) is 11.8. The van der Waals surface area contributed by atoms with E-state index < -0.39 is 0 Å². The number of furan rings is 2. The first-order valence-electron chi connectivity index (χ1n) is 11.8. The highest BCUT2D eigenvalue weighted by molar-refractivity contribution is 5.96. The van der Waals surface area contributed by atoms with Gasteiger partial charge in [0, 0.05) is 12.1 Å². The Kier molecular flexibility index (Phi) is 8.24. The molecule has 0 aliphatic carbocycles. The molecule has 2 amide bonds. The van der Waals surface area contributed by atoms with Gasteiger partial charge >= 0.3 is 0 Å². The zero-order valence-electron chi connectivity index (χ0n) is 20.6. The Labute approximate surface area is 210 Å². The molecule has 0 unspecified atom stereocenters. The topological polar surface area (TPSA) is 76.1 Å². The van der Waals surface area contributed by atoms with Crippen LogP contribution in [0.4, 0.5) is 0 Å². The number of carbonyl (C=O) groups excluding carboxylic acids is 2. The number of amides is 2. The molecule has 0 fully saturated rings. The third-order valence-corrected chi connectivity index (χ3v) is 5.89. The molecule has 0 saturated heterocycles. The molecule has 0 radical (unpaired) electrons. The first kappa shape index (κ1) is 24.9. The monoisotopic (exact) mass is 486 g/mol. The summed E-state index contributed by atoms with van der Waals surface area (Å²) in [5, 5.41) is 0. The number of hydrogen-bond donors (Lipinski definition) is 0. The van der Waals surface area contributed by atoms with E-state index in [4.69, 9.17) is 13.6 Å². The van der Waals surface area contributed by atoms with E-state index in [0.717, 1.165) is 11.3 Å². The van der Waals surface area contributed by atoms with Crippen molar-refractivity contribution in [1.82, 2.24) is 9.80 Å². The number of hydrogen-bond acceptors (Lipinski definition) is 5. The molecule has 0 bridgehead atoms. The predicted molar refractivity (Wildman–Crippen MR) is 135 cm³/mol. The molecule has 36 heavy (non-hydrogen) atoms. The van der Waals surface area contributed by atoms with Crippen molar-refractivity contribution in [3.8, 4) is 5.75 Å². The number of benzene rings is 2. The van der Waals surface area contributed by atoms with E-state index >= 15 is 0 Å². The van der Waals surface area contributed by atoms with Crippen molar-refractivity contribution < 1.29 is 23.2 Å². The lowest BCUT2D eigenvalue weighted by Gasteiger charge is -2.27. The highest BCUT2D eigenvalue weighted by atomic mass is 16.5. The Morgan fingerprint density at radius 1 is 0.833 bits per heavy atom. The fourth-order valence-electron chi connectivity index (χ4n) is 3.93. The van der Waals surface area contributed by atoms with E-state index in [2.05, 4.69) is 0 Å². The van der Waals surface area contributed by atoms with Crippen LogP contribution in [0.25, 0.3) is 0 Å². The van der Waals surface area contributed by atoms with E-state index in [9.17, 15) is 9.59 Å². The van der Waals surface area contributed by atoms with Crippen LogP contribution < -0.4 is 4.74 Å². The lowest BCUT2D eigenvalue weighted by molar-refractivity contribution is -0.133. The normalized spacial score (nSPS) is 10.7. The van der Waals surface area contributed by atoms with E-state index in [0.29, 0.717) is 42.3 Å². The molecule has 7 heteroatoms. The molecule has 0 N–H and O–H groups in total. The van der Waals surface area contributed by atoms with E-state index in [1.807, 2.05) is 49.4 Å². The van der Waals surface area contributed by atoms with Crippen LogP contribution in [0.3, 0.4) is 0 Å². The Hall–Kier alpha value is -4.26. The van der Waals surface area contributed by atoms with Crippen molar-refractivity contribution in [3.05, 3.63) is 114 Å². The summed E-state index contributed by atoms with van der Waals surface area (Å²) in [5.74, 6) is 2.30.